The van der Waals surface area contributed by atoms with E-state index in [-0.39, 0.29) is 0 Å². The Balaban J connectivity index is 1.90. The van der Waals surface area contributed by atoms with Crippen LogP contribution in [0.5, 0.6) is 11.5 Å². The molecule has 4 rings (SSSR count). The van der Waals surface area contributed by atoms with Gasteiger partial charge in [0.15, 0.2) is 0 Å². The fourth-order valence-electron chi connectivity index (χ4n) is 3.48. The van der Waals surface area contributed by atoms with Gasteiger partial charge in [-0.25, -0.2) is 4.68 Å². The molecule has 1 aliphatic heterocycles. The first-order valence-corrected chi connectivity index (χ1v) is 9.84. The van der Waals surface area contributed by atoms with Crippen LogP contribution in [0, 0.1) is 0 Å². The van der Waals surface area contributed by atoms with Crippen molar-refractivity contribution in [1.82, 2.24) is 9.78 Å². The van der Waals surface area contributed by atoms with Crippen LogP contribution < -0.4 is 14.8 Å². The molecule has 140 valence electrons. The average molecular weight is 428 g/mol. The topological polar surface area (TPSA) is 48.3 Å². The molecule has 0 saturated carbocycles. The van der Waals surface area contributed by atoms with E-state index in [1.807, 2.05) is 35.0 Å². The van der Waals surface area contributed by atoms with Crippen LogP contribution >= 0.6 is 15.9 Å². The van der Waals surface area contributed by atoms with Gasteiger partial charge in [-0.3, -0.25) is 0 Å². The molecule has 1 aliphatic rings. The lowest BCUT2D eigenvalue weighted by atomic mass is 10.0. The van der Waals surface area contributed by atoms with Crippen LogP contribution in [-0.4, -0.2) is 30.5 Å². The third kappa shape index (κ3) is 3.41. The second-order valence-corrected chi connectivity index (χ2v) is 7.43. The Morgan fingerprint density at radius 1 is 1.04 bits per heavy atom. The summed E-state index contributed by atoms with van der Waals surface area (Å²) in [6.07, 6.45) is 3.27. The monoisotopic (exact) mass is 427 g/mol. The van der Waals surface area contributed by atoms with E-state index in [0.717, 1.165) is 64.5 Å². The molecular weight excluding hydrogens is 406 g/mol. The number of aromatic nitrogens is 2. The Morgan fingerprint density at radius 2 is 1.85 bits per heavy atom. The summed E-state index contributed by atoms with van der Waals surface area (Å²) < 4.78 is 14.0. The van der Waals surface area contributed by atoms with Crippen molar-refractivity contribution in [2.75, 3.05) is 26.1 Å². The lowest BCUT2D eigenvalue weighted by molar-refractivity contribution is 0.395. The van der Waals surface area contributed by atoms with Gasteiger partial charge >= 0.3 is 0 Å². The lowest BCUT2D eigenvalue weighted by Gasteiger charge is -2.10. The molecule has 0 amide bonds. The summed E-state index contributed by atoms with van der Waals surface area (Å²) in [7, 11) is 3.34. The molecule has 1 N–H and O–H groups in total. The van der Waals surface area contributed by atoms with Gasteiger partial charge in [-0.2, -0.15) is 5.10 Å². The van der Waals surface area contributed by atoms with E-state index in [0.29, 0.717) is 0 Å². The Labute approximate surface area is 167 Å². The number of halogens is 1. The van der Waals surface area contributed by atoms with Gasteiger partial charge in [0.1, 0.15) is 23.0 Å². The van der Waals surface area contributed by atoms with E-state index >= 15 is 0 Å². The first kappa shape index (κ1) is 17.9. The molecule has 0 aliphatic carbocycles. The molecule has 0 saturated heterocycles. The maximum atomic E-state index is 5.64. The fourth-order valence-corrected chi connectivity index (χ4v) is 3.75. The number of hydrogen-bond donors (Lipinski definition) is 1. The summed E-state index contributed by atoms with van der Waals surface area (Å²) in [6, 6.07) is 14.1. The molecule has 0 unspecified atom stereocenters. The van der Waals surface area contributed by atoms with Crippen molar-refractivity contribution in [1.29, 1.82) is 0 Å². The van der Waals surface area contributed by atoms with E-state index in [1.54, 1.807) is 14.2 Å². The number of rotatable bonds is 4. The Kier molecular flexibility index (Phi) is 5.07. The van der Waals surface area contributed by atoms with Crippen molar-refractivity contribution in [3.63, 3.8) is 0 Å². The zero-order valence-electron chi connectivity index (χ0n) is 15.5. The minimum atomic E-state index is 0.766. The van der Waals surface area contributed by atoms with Crippen molar-refractivity contribution in [2.24, 2.45) is 0 Å². The zero-order valence-corrected chi connectivity index (χ0v) is 17.0. The molecule has 0 spiro atoms. The highest BCUT2D eigenvalue weighted by molar-refractivity contribution is 9.10. The summed E-state index contributed by atoms with van der Waals surface area (Å²) in [4.78, 5) is 0. The minimum absolute atomic E-state index is 0.766. The quantitative estimate of drug-likeness (QED) is 0.631. The number of benzene rings is 2. The van der Waals surface area contributed by atoms with Gasteiger partial charge in [-0.05, 0) is 55.7 Å². The summed E-state index contributed by atoms with van der Waals surface area (Å²) in [5.74, 6) is 2.61. The molecule has 0 radical (unpaired) electrons. The number of anilines is 1. The van der Waals surface area contributed by atoms with E-state index in [4.69, 9.17) is 14.6 Å². The van der Waals surface area contributed by atoms with Gasteiger partial charge in [-0.15, -0.1) is 0 Å². The van der Waals surface area contributed by atoms with Crippen LogP contribution in [-0.2, 0) is 6.42 Å². The molecule has 0 fully saturated rings. The van der Waals surface area contributed by atoms with Crippen molar-refractivity contribution >= 4 is 21.7 Å². The summed E-state index contributed by atoms with van der Waals surface area (Å²) >= 11 is 3.51. The third-order valence-electron chi connectivity index (χ3n) is 4.86. The van der Waals surface area contributed by atoms with Crippen LogP contribution in [0.4, 0.5) is 5.82 Å². The molecular formula is C21H22BrN3O2. The maximum absolute atomic E-state index is 5.64. The SMILES string of the molecule is COc1ccc(-c2nn(-c3ccc(Br)cc3)c3c2CCCCN3)c(OC)c1. The summed E-state index contributed by atoms with van der Waals surface area (Å²) in [6.45, 7) is 0.953. The lowest BCUT2D eigenvalue weighted by Crippen LogP contribution is -2.07. The number of ether oxygens (including phenoxy) is 2. The first-order chi connectivity index (χ1) is 13.2. The van der Waals surface area contributed by atoms with Gasteiger partial charge in [0, 0.05) is 28.2 Å². The largest absolute Gasteiger partial charge is 0.497 e. The van der Waals surface area contributed by atoms with Crippen molar-refractivity contribution in [3.05, 3.63) is 52.5 Å². The minimum Gasteiger partial charge on any atom is -0.497 e. The van der Waals surface area contributed by atoms with Crippen LogP contribution in [0.1, 0.15) is 18.4 Å². The van der Waals surface area contributed by atoms with Crippen molar-refractivity contribution < 1.29 is 9.47 Å². The van der Waals surface area contributed by atoms with Crippen molar-refractivity contribution in [3.8, 4) is 28.4 Å². The number of hydrogen-bond acceptors (Lipinski definition) is 4. The van der Waals surface area contributed by atoms with E-state index < -0.39 is 0 Å². The van der Waals surface area contributed by atoms with Gasteiger partial charge in [0.25, 0.3) is 0 Å². The third-order valence-corrected chi connectivity index (χ3v) is 5.39. The highest BCUT2D eigenvalue weighted by Gasteiger charge is 2.23. The first-order valence-electron chi connectivity index (χ1n) is 9.05. The van der Waals surface area contributed by atoms with Gasteiger partial charge in [0.2, 0.25) is 0 Å². The molecule has 1 aromatic heterocycles. The number of methoxy groups -OCH3 is 2. The second-order valence-electron chi connectivity index (χ2n) is 6.51. The maximum Gasteiger partial charge on any atom is 0.133 e. The molecule has 5 nitrogen and oxygen atoms in total. The predicted molar refractivity (Wildman–Crippen MR) is 111 cm³/mol. The van der Waals surface area contributed by atoms with Gasteiger partial charge in [-0.1, -0.05) is 15.9 Å². The molecule has 27 heavy (non-hydrogen) atoms. The Hall–Kier alpha value is -2.47. The number of fused-ring (bicyclic) bond motifs is 1. The molecule has 3 aromatic rings. The van der Waals surface area contributed by atoms with Crippen LogP contribution in [0.3, 0.4) is 0 Å². The van der Waals surface area contributed by atoms with Crippen molar-refractivity contribution in [2.45, 2.75) is 19.3 Å². The Bertz CT molecular complexity index is 951. The normalized spacial score (nSPS) is 13.4. The van der Waals surface area contributed by atoms with E-state index in [1.165, 1.54) is 5.56 Å². The standard InChI is InChI=1S/C21H22BrN3O2/c1-26-16-10-11-17(19(13-16)27-2)20-18-5-3-4-12-23-21(18)25(24-20)15-8-6-14(22)7-9-15/h6-11,13,23H,3-5,12H2,1-2H3. The Morgan fingerprint density at radius 3 is 2.59 bits per heavy atom. The smallest absolute Gasteiger partial charge is 0.133 e. The molecule has 2 heterocycles. The predicted octanol–water partition coefficient (Wildman–Crippen LogP) is 5.07. The summed E-state index contributed by atoms with van der Waals surface area (Å²) in [5, 5.41) is 8.57. The van der Waals surface area contributed by atoms with Crippen LogP contribution in [0.2, 0.25) is 0 Å². The number of nitrogens with zero attached hydrogens (tertiary/aromatic N) is 2. The van der Waals surface area contributed by atoms with Gasteiger partial charge in [0.05, 0.1) is 19.9 Å². The summed E-state index contributed by atoms with van der Waals surface area (Å²) in [5.41, 5.74) is 4.21. The zero-order chi connectivity index (χ0) is 18.8. The second kappa shape index (κ2) is 7.64. The molecule has 0 atom stereocenters. The fraction of sp³-hybridized carbons (Fsp3) is 0.286. The number of nitrogens with one attached hydrogen (secondary N) is 1. The van der Waals surface area contributed by atoms with E-state index in [9.17, 15) is 0 Å². The van der Waals surface area contributed by atoms with Gasteiger partial charge < -0.3 is 14.8 Å². The molecule has 0 bridgehead atoms. The van der Waals surface area contributed by atoms with Crippen LogP contribution in [0.25, 0.3) is 16.9 Å². The van der Waals surface area contributed by atoms with Crippen LogP contribution in [0.15, 0.2) is 46.9 Å². The molecule has 2 aromatic carbocycles. The highest BCUT2D eigenvalue weighted by atomic mass is 79.9. The highest BCUT2D eigenvalue weighted by Crippen LogP contribution is 2.39. The van der Waals surface area contributed by atoms with E-state index in [2.05, 4.69) is 33.4 Å². The average Bonchev–Trinajstić information content (AvgIpc) is 2.88. The molecule has 6 heteroatoms.